The largest absolute Gasteiger partial charge is 0.310 e. The third-order valence-electron chi connectivity index (χ3n) is 3.95. The van der Waals surface area contributed by atoms with E-state index in [1.165, 1.54) is 23.3 Å². The molecule has 0 saturated carbocycles. The van der Waals surface area contributed by atoms with Gasteiger partial charge in [-0.1, -0.05) is 31.2 Å². The molecule has 0 saturated heterocycles. The van der Waals surface area contributed by atoms with Gasteiger partial charge in [-0.2, -0.15) is 0 Å². The van der Waals surface area contributed by atoms with E-state index in [0.717, 1.165) is 30.5 Å². The van der Waals surface area contributed by atoms with E-state index in [9.17, 15) is 8.78 Å². The van der Waals surface area contributed by atoms with Crippen LogP contribution in [0.15, 0.2) is 36.4 Å². The molecule has 0 heterocycles. The number of hydrogen-bond donors (Lipinski definition) is 1. The van der Waals surface area contributed by atoms with Crippen molar-refractivity contribution in [3.05, 3.63) is 59.2 Å². The van der Waals surface area contributed by atoms with Crippen LogP contribution < -0.4 is 5.32 Å². The molecule has 20 heavy (non-hydrogen) atoms. The Morgan fingerprint density at radius 1 is 1.15 bits per heavy atom. The molecule has 1 unspecified atom stereocenters. The van der Waals surface area contributed by atoms with Crippen LogP contribution in [0.2, 0.25) is 0 Å². The Balaban J connectivity index is 2.05. The zero-order valence-electron chi connectivity index (χ0n) is 11.4. The first-order chi connectivity index (χ1) is 9.70. The third-order valence-corrected chi connectivity index (χ3v) is 3.95. The van der Waals surface area contributed by atoms with Gasteiger partial charge in [0.2, 0.25) is 0 Å². The van der Waals surface area contributed by atoms with E-state index in [-0.39, 0.29) is 0 Å². The summed E-state index contributed by atoms with van der Waals surface area (Å²) < 4.78 is 26.5. The number of hydrogen-bond acceptors (Lipinski definition) is 1. The third kappa shape index (κ3) is 2.22. The van der Waals surface area contributed by atoms with E-state index in [4.69, 9.17) is 0 Å². The molecule has 1 aliphatic rings. The summed E-state index contributed by atoms with van der Waals surface area (Å²) in [6, 6.07) is 10.6. The molecule has 3 rings (SSSR count). The van der Waals surface area contributed by atoms with Crippen LogP contribution in [0.5, 0.6) is 0 Å². The second kappa shape index (κ2) is 5.33. The molecule has 1 atom stereocenters. The van der Waals surface area contributed by atoms with Crippen LogP contribution in [-0.2, 0) is 6.42 Å². The molecule has 0 bridgehead atoms. The zero-order chi connectivity index (χ0) is 14.1. The molecule has 1 nitrogen and oxygen atoms in total. The zero-order valence-corrected chi connectivity index (χ0v) is 11.4. The number of nitrogens with one attached hydrogen (secondary N) is 1. The van der Waals surface area contributed by atoms with E-state index >= 15 is 0 Å². The average molecular weight is 273 g/mol. The van der Waals surface area contributed by atoms with Gasteiger partial charge in [0.05, 0.1) is 0 Å². The second-order valence-corrected chi connectivity index (χ2v) is 5.15. The lowest BCUT2D eigenvalue weighted by molar-refractivity contribution is 0.509. The Kier molecular flexibility index (Phi) is 3.53. The summed E-state index contributed by atoms with van der Waals surface area (Å²) in [4.78, 5) is 0. The fraction of sp³-hybridized carbons (Fsp3) is 0.294. The molecule has 1 N–H and O–H groups in total. The fourth-order valence-corrected chi connectivity index (χ4v) is 3.05. The second-order valence-electron chi connectivity index (χ2n) is 5.15. The van der Waals surface area contributed by atoms with Gasteiger partial charge in [-0.3, -0.25) is 0 Å². The van der Waals surface area contributed by atoms with Crippen molar-refractivity contribution < 1.29 is 8.78 Å². The van der Waals surface area contributed by atoms with Gasteiger partial charge in [0.1, 0.15) is 0 Å². The lowest BCUT2D eigenvalue weighted by Gasteiger charge is -2.14. The van der Waals surface area contributed by atoms with Gasteiger partial charge in [-0.05, 0) is 53.8 Å². The van der Waals surface area contributed by atoms with Crippen molar-refractivity contribution >= 4 is 0 Å². The maximum atomic E-state index is 13.4. The SMILES string of the molecule is CCNC1CCc2c(-c3ccc(F)c(F)c3)cccc21. The maximum absolute atomic E-state index is 13.4. The Morgan fingerprint density at radius 3 is 2.75 bits per heavy atom. The highest BCUT2D eigenvalue weighted by Crippen LogP contribution is 2.37. The number of rotatable bonds is 3. The van der Waals surface area contributed by atoms with E-state index in [2.05, 4.69) is 18.3 Å². The van der Waals surface area contributed by atoms with Gasteiger partial charge in [0.25, 0.3) is 0 Å². The molecule has 104 valence electrons. The molecule has 0 amide bonds. The summed E-state index contributed by atoms with van der Waals surface area (Å²) >= 11 is 0. The Morgan fingerprint density at radius 2 is 2.00 bits per heavy atom. The van der Waals surface area contributed by atoms with Gasteiger partial charge in [0.15, 0.2) is 11.6 Å². The molecule has 0 spiro atoms. The van der Waals surface area contributed by atoms with Gasteiger partial charge in [-0.15, -0.1) is 0 Å². The average Bonchev–Trinajstić information content (AvgIpc) is 2.86. The summed E-state index contributed by atoms with van der Waals surface area (Å²) in [5.74, 6) is -1.59. The molecular weight excluding hydrogens is 256 g/mol. The highest BCUT2D eigenvalue weighted by atomic mass is 19.2. The first-order valence-electron chi connectivity index (χ1n) is 7.01. The quantitative estimate of drug-likeness (QED) is 0.882. The fourth-order valence-electron chi connectivity index (χ4n) is 3.05. The summed E-state index contributed by atoms with van der Waals surface area (Å²) in [5, 5.41) is 3.47. The Hall–Kier alpha value is -1.74. The molecule has 0 aromatic heterocycles. The van der Waals surface area contributed by atoms with Crippen LogP contribution in [0.4, 0.5) is 8.78 Å². The van der Waals surface area contributed by atoms with Crippen molar-refractivity contribution in [2.24, 2.45) is 0 Å². The minimum atomic E-state index is -0.799. The molecule has 2 aromatic carbocycles. The topological polar surface area (TPSA) is 12.0 Å². The summed E-state index contributed by atoms with van der Waals surface area (Å²) in [7, 11) is 0. The predicted molar refractivity (Wildman–Crippen MR) is 76.5 cm³/mol. The van der Waals surface area contributed by atoms with Gasteiger partial charge in [0, 0.05) is 6.04 Å². The van der Waals surface area contributed by atoms with Crippen molar-refractivity contribution in [3.63, 3.8) is 0 Å². The highest BCUT2D eigenvalue weighted by Gasteiger charge is 2.24. The molecule has 3 heteroatoms. The summed E-state index contributed by atoms with van der Waals surface area (Å²) in [5.41, 5.74) is 4.30. The van der Waals surface area contributed by atoms with Gasteiger partial charge >= 0.3 is 0 Å². The van der Waals surface area contributed by atoms with Crippen molar-refractivity contribution in [2.75, 3.05) is 6.54 Å². The van der Waals surface area contributed by atoms with Crippen LogP contribution in [0.1, 0.15) is 30.5 Å². The minimum Gasteiger partial charge on any atom is -0.310 e. The maximum Gasteiger partial charge on any atom is 0.159 e. The predicted octanol–water partition coefficient (Wildman–Crippen LogP) is 4.23. The van der Waals surface area contributed by atoms with Crippen molar-refractivity contribution in [1.82, 2.24) is 5.32 Å². The number of fused-ring (bicyclic) bond motifs is 1. The monoisotopic (exact) mass is 273 g/mol. The summed E-state index contributed by atoms with van der Waals surface area (Å²) in [6.07, 6.45) is 2.03. The molecule has 0 fully saturated rings. The number of halogens is 2. The van der Waals surface area contributed by atoms with E-state index < -0.39 is 11.6 Å². The van der Waals surface area contributed by atoms with E-state index in [0.29, 0.717) is 6.04 Å². The molecule has 2 aromatic rings. The van der Waals surface area contributed by atoms with Crippen LogP contribution in [0, 0.1) is 11.6 Å². The lowest BCUT2D eigenvalue weighted by atomic mass is 9.96. The molecule has 0 radical (unpaired) electrons. The van der Waals surface area contributed by atoms with E-state index in [1.807, 2.05) is 12.1 Å². The minimum absolute atomic E-state index is 0.375. The molecular formula is C17H17F2N. The van der Waals surface area contributed by atoms with Gasteiger partial charge in [-0.25, -0.2) is 8.78 Å². The summed E-state index contributed by atoms with van der Waals surface area (Å²) in [6.45, 7) is 3.02. The highest BCUT2D eigenvalue weighted by molar-refractivity contribution is 5.70. The molecule has 0 aliphatic heterocycles. The Labute approximate surface area is 117 Å². The van der Waals surface area contributed by atoms with Crippen molar-refractivity contribution in [2.45, 2.75) is 25.8 Å². The van der Waals surface area contributed by atoms with Crippen molar-refractivity contribution in [1.29, 1.82) is 0 Å². The van der Waals surface area contributed by atoms with Crippen LogP contribution in [-0.4, -0.2) is 6.54 Å². The van der Waals surface area contributed by atoms with Crippen molar-refractivity contribution in [3.8, 4) is 11.1 Å². The first-order valence-corrected chi connectivity index (χ1v) is 7.01. The molecule has 1 aliphatic carbocycles. The van der Waals surface area contributed by atoms with Crippen LogP contribution in [0.3, 0.4) is 0 Å². The smallest absolute Gasteiger partial charge is 0.159 e. The van der Waals surface area contributed by atoms with Gasteiger partial charge < -0.3 is 5.32 Å². The van der Waals surface area contributed by atoms with E-state index in [1.54, 1.807) is 6.07 Å². The van der Waals surface area contributed by atoms with Crippen LogP contribution >= 0.6 is 0 Å². The normalized spacial score (nSPS) is 17.2. The van der Waals surface area contributed by atoms with Crippen LogP contribution in [0.25, 0.3) is 11.1 Å². The first kappa shape index (κ1) is 13.3. The Bertz CT molecular complexity index is 637. The number of benzene rings is 2. The standard InChI is InChI=1S/C17H17F2N/c1-2-20-17-9-7-13-12(4-3-5-14(13)17)11-6-8-15(18)16(19)10-11/h3-6,8,10,17,20H,2,7,9H2,1H3. The lowest BCUT2D eigenvalue weighted by Crippen LogP contribution is -2.18.